The Morgan fingerprint density at radius 3 is 2.71 bits per heavy atom. The zero-order chi connectivity index (χ0) is 17.3. The molecule has 5 nitrogen and oxygen atoms in total. The minimum absolute atomic E-state index is 0.0894. The number of aryl methyl sites for hydroxylation is 2. The molecule has 122 valence electrons. The third kappa shape index (κ3) is 3.31. The molecule has 1 aromatic carbocycles. The fourth-order valence-corrected chi connectivity index (χ4v) is 2.79. The average molecular weight is 342 g/mol. The highest BCUT2D eigenvalue weighted by Crippen LogP contribution is 2.23. The van der Waals surface area contributed by atoms with Crippen molar-refractivity contribution in [3.63, 3.8) is 0 Å². The van der Waals surface area contributed by atoms with Crippen molar-refractivity contribution >= 4 is 34.2 Å². The molecule has 0 fully saturated rings. The predicted molar refractivity (Wildman–Crippen MR) is 94.8 cm³/mol. The van der Waals surface area contributed by atoms with Crippen molar-refractivity contribution in [2.24, 2.45) is 0 Å². The van der Waals surface area contributed by atoms with Crippen LogP contribution in [-0.2, 0) is 6.54 Å². The van der Waals surface area contributed by atoms with Crippen LogP contribution in [0.4, 0.5) is 5.69 Å². The average Bonchev–Trinajstić information content (AvgIpc) is 2.52. The first kappa shape index (κ1) is 16.2. The maximum atomic E-state index is 11.3. The fraction of sp³-hybridized carbons (Fsp3) is 0.167. The molecule has 0 bridgehead atoms. The van der Waals surface area contributed by atoms with Crippen LogP contribution in [0.1, 0.15) is 27.3 Å². The van der Waals surface area contributed by atoms with Gasteiger partial charge in [-0.05, 0) is 49.2 Å². The first-order chi connectivity index (χ1) is 11.4. The van der Waals surface area contributed by atoms with Crippen molar-refractivity contribution in [1.82, 2.24) is 9.97 Å². The number of fused-ring (bicyclic) bond motifs is 1. The number of hydrogen-bond donors (Lipinski definition) is 2. The smallest absolute Gasteiger partial charge is 0.356 e. The van der Waals surface area contributed by atoms with Crippen molar-refractivity contribution in [3.8, 4) is 0 Å². The molecule has 0 spiro atoms. The summed E-state index contributed by atoms with van der Waals surface area (Å²) in [5, 5.41) is 13.6. The third-order valence-electron chi connectivity index (χ3n) is 3.71. The van der Waals surface area contributed by atoms with E-state index in [4.69, 9.17) is 11.6 Å². The summed E-state index contributed by atoms with van der Waals surface area (Å²) in [7, 11) is 0. The summed E-state index contributed by atoms with van der Waals surface area (Å²) >= 11 is 5.78. The number of rotatable bonds is 4. The minimum atomic E-state index is -1.12. The monoisotopic (exact) mass is 341 g/mol. The van der Waals surface area contributed by atoms with Crippen LogP contribution in [-0.4, -0.2) is 21.0 Å². The molecule has 3 aromatic rings. The Hall–Kier alpha value is -2.66. The topological polar surface area (TPSA) is 75.1 Å². The van der Waals surface area contributed by atoms with Gasteiger partial charge in [-0.25, -0.2) is 9.78 Å². The lowest BCUT2D eigenvalue weighted by Crippen LogP contribution is -2.09. The van der Waals surface area contributed by atoms with Crippen LogP contribution in [0.2, 0.25) is 5.15 Å². The molecule has 0 saturated heterocycles. The van der Waals surface area contributed by atoms with Crippen LogP contribution in [0, 0.1) is 13.8 Å². The van der Waals surface area contributed by atoms with E-state index < -0.39 is 5.97 Å². The molecule has 24 heavy (non-hydrogen) atoms. The number of carboxylic acids is 1. The van der Waals surface area contributed by atoms with E-state index in [9.17, 15) is 9.90 Å². The van der Waals surface area contributed by atoms with Gasteiger partial charge in [-0.15, -0.1) is 0 Å². The summed E-state index contributed by atoms with van der Waals surface area (Å²) in [5.41, 5.74) is 4.38. The molecule has 2 N–H and O–H groups in total. The number of aromatic carboxylic acids is 1. The number of aromatic nitrogens is 2. The zero-order valence-corrected chi connectivity index (χ0v) is 14.1. The van der Waals surface area contributed by atoms with Crippen molar-refractivity contribution in [1.29, 1.82) is 0 Å². The Bertz CT molecular complexity index is 936. The Morgan fingerprint density at radius 2 is 1.96 bits per heavy atom. The van der Waals surface area contributed by atoms with Gasteiger partial charge >= 0.3 is 5.97 Å². The zero-order valence-electron chi connectivity index (χ0n) is 13.3. The van der Waals surface area contributed by atoms with Crippen LogP contribution in [0.3, 0.4) is 0 Å². The number of hydrogen-bond acceptors (Lipinski definition) is 4. The van der Waals surface area contributed by atoms with Gasteiger partial charge < -0.3 is 10.4 Å². The normalized spacial score (nSPS) is 10.8. The number of pyridine rings is 2. The SMILES string of the molecule is Cc1cc(CNc2ccc(Cl)nc2C(=O)O)c2ccc(C)nc2c1. The number of halogens is 1. The molecule has 0 radical (unpaired) electrons. The van der Waals surface area contributed by atoms with Gasteiger partial charge in [0.15, 0.2) is 5.69 Å². The molecule has 0 aliphatic rings. The van der Waals surface area contributed by atoms with Gasteiger partial charge in [0.05, 0.1) is 11.2 Å². The second-order valence-corrected chi connectivity index (χ2v) is 6.02. The molecule has 0 aliphatic carbocycles. The van der Waals surface area contributed by atoms with E-state index >= 15 is 0 Å². The summed E-state index contributed by atoms with van der Waals surface area (Å²) in [6.45, 7) is 4.43. The van der Waals surface area contributed by atoms with E-state index in [-0.39, 0.29) is 10.8 Å². The Kier molecular flexibility index (Phi) is 4.36. The highest BCUT2D eigenvalue weighted by atomic mass is 35.5. The molecular weight excluding hydrogens is 326 g/mol. The van der Waals surface area contributed by atoms with Crippen LogP contribution in [0.15, 0.2) is 36.4 Å². The van der Waals surface area contributed by atoms with Gasteiger partial charge in [-0.2, -0.15) is 0 Å². The van der Waals surface area contributed by atoms with Crippen LogP contribution < -0.4 is 5.32 Å². The van der Waals surface area contributed by atoms with Gasteiger partial charge in [0, 0.05) is 17.6 Å². The predicted octanol–water partition coefficient (Wildman–Crippen LogP) is 4.21. The lowest BCUT2D eigenvalue weighted by Gasteiger charge is -2.12. The lowest BCUT2D eigenvalue weighted by atomic mass is 10.0. The number of nitrogens with zero attached hydrogens (tertiary/aromatic N) is 2. The second kappa shape index (κ2) is 6.45. The van der Waals surface area contributed by atoms with E-state index in [0.29, 0.717) is 12.2 Å². The Balaban J connectivity index is 1.96. The number of carbonyl (C=O) groups is 1. The van der Waals surface area contributed by atoms with E-state index in [1.54, 1.807) is 12.1 Å². The Morgan fingerprint density at radius 1 is 1.17 bits per heavy atom. The highest BCUT2D eigenvalue weighted by molar-refractivity contribution is 6.29. The summed E-state index contributed by atoms with van der Waals surface area (Å²) in [5.74, 6) is -1.12. The summed E-state index contributed by atoms with van der Waals surface area (Å²) in [4.78, 5) is 19.7. The van der Waals surface area contributed by atoms with Crippen molar-refractivity contribution in [2.45, 2.75) is 20.4 Å². The van der Waals surface area contributed by atoms with Crippen LogP contribution in [0.5, 0.6) is 0 Å². The molecule has 0 aliphatic heterocycles. The fourth-order valence-electron chi connectivity index (χ4n) is 2.65. The third-order valence-corrected chi connectivity index (χ3v) is 3.92. The summed E-state index contributed by atoms with van der Waals surface area (Å²) in [6.07, 6.45) is 0. The first-order valence-corrected chi connectivity index (χ1v) is 7.82. The molecule has 0 amide bonds. The van der Waals surface area contributed by atoms with E-state index in [0.717, 1.165) is 27.7 Å². The van der Waals surface area contributed by atoms with E-state index in [1.165, 1.54) is 0 Å². The van der Waals surface area contributed by atoms with Gasteiger partial charge in [-0.1, -0.05) is 23.7 Å². The van der Waals surface area contributed by atoms with Gasteiger partial charge in [0.1, 0.15) is 5.15 Å². The summed E-state index contributed by atoms with van der Waals surface area (Å²) < 4.78 is 0. The van der Waals surface area contributed by atoms with Gasteiger partial charge in [-0.3, -0.25) is 4.98 Å². The quantitative estimate of drug-likeness (QED) is 0.695. The van der Waals surface area contributed by atoms with Crippen LogP contribution >= 0.6 is 11.6 Å². The van der Waals surface area contributed by atoms with E-state index in [1.807, 2.05) is 32.0 Å². The number of carboxylic acid groups (broad SMARTS) is 1. The minimum Gasteiger partial charge on any atom is -0.476 e. The molecule has 0 saturated carbocycles. The summed E-state index contributed by atoms with van der Waals surface area (Å²) in [6, 6.07) is 11.3. The number of nitrogens with one attached hydrogen (secondary N) is 1. The van der Waals surface area contributed by atoms with Gasteiger partial charge in [0.25, 0.3) is 0 Å². The molecule has 2 aromatic heterocycles. The standard InChI is InChI=1S/C18H16ClN3O2/c1-10-7-12(13-4-3-11(2)21-15(13)8-10)9-20-14-5-6-16(19)22-17(14)18(23)24/h3-8,20H,9H2,1-2H3,(H,23,24). The lowest BCUT2D eigenvalue weighted by molar-refractivity contribution is 0.0691. The molecule has 0 unspecified atom stereocenters. The first-order valence-electron chi connectivity index (χ1n) is 7.44. The molecule has 3 rings (SSSR count). The maximum absolute atomic E-state index is 11.3. The molecular formula is C18H16ClN3O2. The highest BCUT2D eigenvalue weighted by Gasteiger charge is 2.13. The molecule has 2 heterocycles. The van der Waals surface area contributed by atoms with E-state index in [2.05, 4.69) is 21.4 Å². The van der Waals surface area contributed by atoms with Crippen molar-refractivity contribution in [2.75, 3.05) is 5.32 Å². The van der Waals surface area contributed by atoms with Crippen molar-refractivity contribution in [3.05, 3.63) is 64.1 Å². The van der Waals surface area contributed by atoms with Crippen LogP contribution in [0.25, 0.3) is 10.9 Å². The number of benzene rings is 1. The molecule has 6 heteroatoms. The largest absolute Gasteiger partial charge is 0.476 e. The number of anilines is 1. The molecule has 0 atom stereocenters. The Labute approximate surface area is 144 Å². The van der Waals surface area contributed by atoms with Gasteiger partial charge in [0.2, 0.25) is 0 Å². The second-order valence-electron chi connectivity index (χ2n) is 5.63. The van der Waals surface area contributed by atoms with Crippen molar-refractivity contribution < 1.29 is 9.90 Å². The maximum Gasteiger partial charge on any atom is 0.356 e.